The first-order valence-corrected chi connectivity index (χ1v) is 11.2. The highest BCUT2D eigenvalue weighted by Gasteiger charge is 2.15. The zero-order valence-corrected chi connectivity index (χ0v) is 19.7. The zero-order valence-electron chi connectivity index (χ0n) is 18.2. The Kier molecular flexibility index (Phi) is 7.82. The monoisotopic (exact) mass is 507 g/mol. The molecule has 0 bridgehead atoms. The number of benzene rings is 3. The van der Waals surface area contributed by atoms with Crippen LogP contribution in [0.4, 0.5) is 5.69 Å². The van der Waals surface area contributed by atoms with Gasteiger partial charge in [0.2, 0.25) is 0 Å². The highest BCUT2D eigenvalue weighted by molar-refractivity contribution is 6.35. The molecule has 2 amide bonds. The molecular formula is C26H19Cl2N3O4. The van der Waals surface area contributed by atoms with Gasteiger partial charge in [0.1, 0.15) is 12.4 Å². The molecule has 3 aromatic carbocycles. The molecule has 4 aromatic rings. The molecule has 0 aliphatic rings. The van der Waals surface area contributed by atoms with Crippen LogP contribution in [-0.4, -0.2) is 18.0 Å². The minimum Gasteiger partial charge on any atom is -0.489 e. The second kappa shape index (κ2) is 11.4. The van der Waals surface area contributed by atoms with E-state index in [-0.39, 0.29) is 17.9 Å². The van der Waals surface area contributed by atoms with Gasteiger partial charge in [0.15, 0.2) is 5.76 Å². The number of para-hydroxylation sites is 1. The summed E-state index contributed by atoms with van der Waals surface area (Å²) in [7, 11) is 0. The van der Waals surface area contributed by atoms with Gasteiger partial charge in [0.25, 0.3) is 11.8 Å². The molecule has 0 radical (unpaired) electrons. The van der Waals surface area contributed by atoms with E-state index in [1.165, 1.54) is 18.5 Å². The lowest BCUT2D eigenvalue weighted by Crippen LogP contribution is -2.21. The Labute approximate surface area is 211 Å². The van der Waals surface area contributed by atoms with E-state index in [1.54, 1.807) is 66.7 Å². The first kappa shape index (κ1) is 24.1. The number of hydrogen-bond donors (Lipinski definition) is 2. The van der Waals surface area contributed by atoms with Crippen molar-refractivity contribution in [3.63, 3.8) is 0 Å². The maximum Gasteiger partial charge on any atom is 0.291 e. The van der Waals surface area contributed by atoms with Gasteiger partial charge in [-0.15, -0.1) is 0 Å². The Hall–Kier alpha value is -4.07. The molecule has 0 atom stereocenters. The highest BCUT2D eigenvalue weighted by Crippen LogP contribution is 2.23. The summed E-state index contributed by atoms with van der Waals surface area (Å²) in [6.45, 7) is 0.272. The van der Waals surface area contributed by atoms with Crippen LogP contribution in [0.2, 0.25) is 10.0 Å². The fraction of sp³-hybridized carbons (Fsp3) is 0.0385. The molecule has 1 heterocycles. The first-order chi connectivity index (χ1) is 17.0. The molecule has 7 nitrogen and oxygen atoms in total. The van der Waals surface area contributed by atoms with Gasteiger partial charge in [-0.3, -0.25) is 9.59 Å². The summed E-state index contributed by atoms with van der Waals surface area (Å²) in [5.74, 6) is -0.201. The largest absolute Gasteiger partial charge is 0.489 e. The predicted octanol–water partition coefficient (Wildman–Crippen LogP) is 6.18. The minimum absolute atomic E-state index is 0.138. The Balaban J connectivity index is 1.37. The zero-order chi connectivity index (χ0) is 24.6. The van der Waals surface area contributed by atoms with Crippen molar-refractivity contribution in [1.29, 1.82) is 0 Å². The van der Waals surface area contributed by atoms with Gasteiger partial charge in [-0.25, -0.2) is 5.43 Å². The van der Waals surface area contributed by atoms with Crippen LogP contribution in [0.15, 0.2) is 94.6 Å². The number of nitrogens with one attached hydrogen (secondary N) is 2. The van der Waals surface area contributed by atoms with Gasteiger partial charge in [-0.2, -0.15) is 5.10 Å². The van der Waals surface area contributed by atoms with Crippen LogP contribution >= 0.6 is 23.2 Å². The van der Waals surface area contributed by atoms with Crippen LogP contribution in [-0.2, 0) is 6.61 Å². The summed E-state index contributed by atoms with van der Waals surface area (Å²) in [4.78, 5) is 24.9. The molecule has 1 aromatic heterocycles. The average molecular weight is 508 g/mol. The molecule has 2 N–H and O–H groups in total. The van der Waals surface area contributed by atoms with Crippen molar-refractivity contribution in [2.24, 2.45) is 5.10 Å². The van der Waals surface area contributed by atoms with Crippen molar-refractivity contribution < 1.29 is 18.7 Å². The molecular weight excluding hydrogens is 489 g/mol. The number of hydrogen-bond acceptors (Lipinski definition) is 5. The Morgan fingerprint density at radius 3 is 2.60 bits per heavy atom. The summed E-state index contributed by atoms with van der Waals surface area (Å²) < 4.78 is 10.9. The van der Waals surface area contributed by atoms with Gasteiger partial charge < -0.3 is 14.5 Å². The number of amides is 2. The molecule has 0 fully saturated rings. The topological polar surface area (TPSA) is 92.9 Å². The predicted molar refractivity (Wildman–Crippen MR) is 135 cm³/mol. The summed E-state index contributed by atoms with van der Waals surface area (Å²) in [5.41, 5.74) is 4.57. The molecule has 176 valence electrons. The van der Waals surface area contributed by atoms with Crippen molar-refractivity contribution in [2.45, 2.75) is 6.61 Å². The number of anilines is 1. The van der Waals surface area contributed by atoms with Crippen molar-refractivity contribution in [1.82, 2.24) is 5.43 Å². The number of ether oxygens (including phenoxy) is 1. The van der Waals surface area contributed by atoms with E-state index < -0.39 is 11.8 Å². The van der Waals surface area contributed by atoms with E-state index >= 15 is 0 Å². The van der Waals surface area contributed by atoms with Crippen LogP contribution in [0, 0.1) is 0 Å². The smallest absolute Gasteiger partial charge is 0.291 e. The first-order valence-electron chi connectivity index (χ1n) is 10.4. The summed E-state index contributed by atoms with van der Waals surface area (Å²) in [5, 5.41) is 7.77. The lowest BCUT2D eigenvalue weighted by Gasteiger charge is -2.09. The molecule has 0 aliphatic carbocycles. The Bertz CT molecular complexity index is 1370. The van der Waals surface area contributed by atoms with Gasteiger partial charge in [0, 0.05) is 15.6 Å². The van der Waals surface area contributed by atoms with Crippen LogP contribution < -0.4 is 15.5 Å². The van der Waals surface area contributed by atoms with E-state index in [0.29, 0.717) is 27.0 Å². The maximum atomic E-state index is 12.7. The molecule has 0 saturated carbocycles. The Morgan fingerprint density at radius 1 is 0.943 bits per heavy atom. The molecule has 9 heteroatoms. The fourth-order valence-electron chi connectivity index (χ4n) is 3.09. The third kappa shape index (κ3) is 6.50. The number of rotatable bonds is 8. The second-order valence-electron chi connectivity index (χ2n) is 7.27. The second-order valence-corrected chi connectivity index (χ2v) is 8.12. The van der Waals surface area contributed by atoms with Gasteiger partial charge in [-0.1, -0.05) is 53.5 Å². The number of halogens is 2. The third-order valence-corrected chi connectivity index (χ3v) is 5.40. The van der Waals surface area contributed by atoms with Gasteiger partial charge in [-0.05, 0) is 54.1 Å². The Morgan fingerprint density at radius 2 is 1.80 bits per heavy atom. The average Bonchev–Trinajstić information content (AvgIpc) is 3.39. The van der Waals surface area contributed by atoms with Crippen molar-refractivity contribution in [3.8, 4) is 5.75 Å². The summed E-state index contributed by atoms with van der Waals surface area (Å²) >= 11 is 12.1. The molecule has 35 heavy (non-hydrogen) atoms. The summed E-state index contributed by atoms with van der Waals surface area (Å²) in [6.07, 6.45) is 2.89. The third-order valence-electron chi connectivity index (χ3n) is 4.81. The van der Waals surface area contributed by atoms with Crippen LogP contribution in [0.1, 0.15) is 32.0 Å². The molecule has 0 aliphatic heterocycles. The normalized spacial score (nSPS) is 10.8. The van der Waals surface area contributed by atoms with E-state index in [4.69, 9.17) is 32.4 Å². The summed E-state index contributed by atoms with van der Waals surface area (Å²) in [6, 6.07) is 22.2. The SMILES string of the molecule is O=C(Nc1ccccc1C(=O)N/N=C\c1cccc(OCc2ccc(Cl)cc2Cl)c1)c1ccco1. The lowest BCUT2D eigenvalue weighted by atomic mass is 10.1. The number of nitrogens with zero attached hydrogens (tertiary/aromatic N) is 1. The number of furan rings is 1. The minimum atomic E-state index is -0.485. The van der Waals surface area contributed by atoms with Crippen molar-refractivity contribution in [2.75, 3.05) is 5.32 Å². The van der Waals surface area contributed by atoms with Crippen molar-refractivity contribution >= 4 is 46.9 Å². The maximum absolute atomic E-state index is 12.7. The van der Waals surface area contributed by atoms with E-state index in [9.17, 15) is 9.59 Å². The van der Waals surface area contributed by atoms with Gasteiger partial charge in [0.05, 0.1) is 23.7 Å². The van der Waals surface area contributed by atoms with Crippen LogP contribution in [0.3, 0.4) is 0 Å². The molecule has 0 spiro atoms. The lowest BCUT2D eigenvalue weighted by molar-refractivity contribution is 0.0956. The van der Waals surface area contributed by atoms with Gasteiger partial charge >= 0.3 is 0 Å². The standard InChI is InChI=1S/C26H19Cl2N3O4/c27-19-11-10-18(22(28)14-19)16-35-20-6-3-5-17(13-20)15-29-31-25(32)21-7-1-2-8-23(21)30-26(33)24-9-4-12-34-24/h1-15H,16H2,(H,30,33)(H,31,32)/b29-15-. The number of carbonyl (C=O) groups excluding carboxylic acids is 2. The number of hydrazone groups is 1. The molecule has 0 unspecified atom stereocenters. The fourth-order valence-corrected chi connectivity index (χ4v) is 3.55. The quantitative estimate of drug-likeness (QED) is 0.220. The van der Waals surface area contributed by atoms with E-state index in [0.717, 1.165) is 5.56 Å². The van der Waals surface area contributed by atoms with Crippen LogP contribution in [0.25, 0.3) is 0 Å². The highest BCUT2D eigenvalue weighted by atomic mass is 35.5. The molecule has 0 saturated heterocycles. The molecule has 4 rings (SSSR count). The van der Waals surface area contributed by atoms with E-state index in [2.05, 4.69) is 15.8 Å². The van der Waals surface area contributed by atoms with E-state index in [1.807, 2.05) is 6.07 Å². The number of carbonyl (C=O) groups is 2. The van der Waals surface area contributed by atoms with Crippen LogP contribution in [0.5, 0.6) is 5.75 Å². The van der Waals surface area contributed by atoms with Crippen molar-refractivity contribution in [3.05, 3.63) is 118 Å².